The highest BCUT2D eigenvalue weighted by atomic mass is 19.4. The highest BCUT2D eigenvalue weighted by Crippen LogP contribution is 2.41. The number of carbonyl (C=O) groups excluding carboxylic acids is 1. The monoisotopic (exact) mass is 476 g/mol. The molecule has 4 heterocycles. The number of nitrogens with zero attached hydrogens (tertiary/aromatic N) is 5. The molecule has 2 bridgehead atoms. The first kappa shape index (κ1) is 21.3. The van der Waals surface area contributed by atoms with Gasteiger partial charge in [-0.3, -0.25) is 14.9 Å². The number of benzene rings is 2. The number of halogens is 3. The number of amides is 2. The van der Waals surface area contributed by atoms with Crippen molar-refractivity contribution in [2.24, 2.45) is 0 Å². The van der Waals surface area contributed by atoms with Crippen LogP contribution in [0.2, 0.25) is 0 Å². The number of urea groups is 1. The molecule has 0 spiro atoms. The molecule has 7 nitrogen and oxygen atoms in total. The van der Waals surface area contributed by atoms with Crippen molar-refractivity contribution in [3.63, 3.8) is 0 Å². The van der Waals surface area contributed by atoms with E-state index in [-0.39, 0.29) is 12.1 Å². The molecule has 0 unspecified atom stereocenters. The third kappa shape index (κ3) is 3.71. The van der Waals surface area contributed by atoms with E-state index in [1.807, 2.05) is 12.1 Å². The minimum atomic E-state index is -4.46. The summed E-state index contributed by atoms with van der Waals surface area (Å²) in [5.41, 5.74) is 2.48. The predicted octanol–water partition coefficient (Wildman–Crippen LogP) is 5.34. The molecule has 2 aromatic heterocycles. The number of anilines is 3. The third-order valence-corrected chi connectivity index (χ3v) is 6.40. The van der Waals surface area contributed by atoms with Crippen LogP contribution in [0.15, 0.2) is 67.0 Å². The fourth-order valence-electron chi connectivity index (χ4n) is 4.76. The summed E-state index contributed by atoms with van der Waals surface area (Å²) in [4.78, 5) is 30.6. The van der Waals surface area contributed by atoms with E-state index in [1.54, 1.807) is 41.6 Å². The third-order valence-electron chi connectivity index (χ3n) is 6.40. The molecule has 2 aromatic carbocycles. The standard InChI is InChI=1S/C25H19F3N6O/c26-25(27,28)16-4-1-3-15(13-16)18-7-8-21-23(31-18)34(17-9-12-33(21)14-17)24(35)32-20-6-2-5-19-22(20)30-11-10-29-19/h1-8,10-11,13,17H,9,12,14H2,(H,32,35)/t17-/m0/s1. The van der Waals surface area contributed by atoms with Gasteiger partial charge >= 0.3 is 12.2 Å². The van der Waals surface area contributed by atoms with Crippen molar-refractivity contribution in [1.29, 1.82) is 0 Å². The molecule has 1 atom stereocenters. The van der Waals surface area contributed by atoms with Gasteiger partial charge in [-0.1, -0.05) is 18.2 Å². The molecule has 4 aromatic rings. The van der Waals surface area contributed by atoms with Gasteiger partial charge in [-0.05, 0) is 42.8 Å². The van der Waals surface area contributed by atoms with Gasteiger partial charge in [0, 0.05) is 31.0 Å². The summed E-state index contributed by atoms with van der Waals surface area (Å²) in [6, 6.07) is 13.5. The van der Waals surface area contributed by atoms with E-state index in [0.29, 0.717) is 40.3 Å². The molecule has 35 heavy (non-hydrogen) atoms. The van der Waals surface area contributed by atoms with Gasteiger partial charge in [0.15, 0.2) is 5.82 Å². The minimum Gasteiger partial charge on any atom is -0.366 e. The summed E-state index contributed by atoms with van der Waals surface area (Å²) in [5.74, 6) is 0.428. The molecule has 0 aliphatic carbocycles. The highest BCUT2D eigenvalue weighted by molar-refractivity contribution is 6.08. The number of hydrogen-bond donors (Lipinski definition) is 1. The van der Waals surface area contributed by atoms with Crippen LogP contribution in [0.4, 0.5) is 35.2 Å². The molecule has 1 fully saturated rings. The van der Waals surface area contributed by atoms with Crippen molar-refractivity contribution in [3.8, 4) is 11.3 Å². The molecule has 176 valence electrons. The number of rotatable bonds is 2. The van der Waals surface area contributed by atoms with Crippen LogP contribution in [0.3, 0.4) is 0 Å². The Labute approximate surface area is 198 Å². The lowest BCUT2D eigenvalue weighted by Gasteiger charge is -2.36. The van der Waals surface area contributed by atoms with E-state index in [0.717, 1.165) is 30.8 Å². The normalized spacial score (nSPS) is 16.9. The average Bonchev–Trinajstić information content (AvgIpc) is 3.28. The number of hydrogen-bond acceptors (Lipinski definition) is 5. The summed E-state index contributed by atoms with van der Waals surface area (Å²) < 4.78 is 39.8. The van der Waals surface area contributed by atoms with Crippen molar-refractivity contribution in [1.82, 2.24) is 15.0 Å². The second-order valence-electron chi connectivity index (χ2n) is 8.54. The van der Waals surface area contributed by atoms with Crippen LogP contribution in [-0.2, 0) is 6.18 Å². The Kier molecular flexibility index (Phi) is 4.84. The Morgan fingerprint density at radius 1 is 1.03 bits per heavy atom. The van der Waals surface area contributed by atoms with Crippen LogP contribution in [0.25, 0.3) is 22.3 Å². The zero-order valence-electron chi connectivity index (χ0n) is 18.3. The second kappa shape index (κ2) is 7.93. The molecule has 2 aliphatic heterocycles. The van der Waals surface area contributed by atoms with Crippen LogP contribution in [-0.4, -0.2) is 40.1 Å². The highest BCUT2D eigenvalue weighted by Gasteiger charge is 2.40. The van der Waals surface area contributed by atoms with E-state index in [9.17, 15) is 18.0 Å². The maximum absolute atomic E-state index is 13.6. The lowest BCUT2D eigenvalue weighted by Crippen LogP contribution is -2.48. The maximum atomic E-state index is 13.6. The van der Waals surface area contributed by atoms with Gasteiger partial charge < -0.3 is 10.2 Å². The fraction of sp³-hybridized carbons (Fsp3) is 0.200. The van der Waals surface area contributed by atoms with Crippen LogP contribution < -0.4 is 15.1 Å². The summed E-state index contributed by atoms with van der Waals surface area (Å²) in [6.45, 7) is 1.44. The van der Waals surface area contributed by atoms with Crippen LogP contribution in [0, 0.1) is 0 Å². The van der Waals surface area contributed by atoms with Gasteiger partial charge in [-0.25, -0.2) is 9.78 Å². The summed E-state index contributed by atoms with van der Waals surface area (Å²) in [7, 11) is 0. The van der Waals surface area contributed by atoms with Crippen molar-refractivity contribution in [2.75, 3.05) is 28.2 Å². The van der Waals surface area contributed by atoms with Crippen LogP contribution in [0.1, 0.15) is 12.0 Å². The number of carbonyl (C=O) groups is 1. The number of para-hydroxylation sites is 1. The number of aromatic nitrogens is 3. The predicted molar refractivity (Wildman–Crippen MR) is 126 cm³/mol. The molecule has 0 saturated carbocycles. The van der Waals surface area contributed by atoms with Gasteiger partial charge in [0.05, 0.1) is 34.2 Å². The SMILES string of the molecule is O=C(Nc1cccc2nccnc12)N1c2nc(-c3cccc(C(F)(F)F)c3)ccc2N2CC[C@H]1C2. The van der Waals surface area contributed by atoms with E-state index in [2.05, 4.69) is 25.2 Å². The van der Waals surface area contributed by atoms with Crippen molar-refractivity contribution < 1.29 is 18.0 Å². The van der Waals surface area contributed by atoms with Gasteiger partial charge in [0.25, 0.3) is 0 Å². The summed E-state index contributed by atoms with van der Waals surface area (Å²) in [6.07, 6.45) is -0.548. The minimum absolute atomic E-state index is 0.104. The Bertz CT molecular complexity index is 1450. The van der Waals surface area contributed by atoms with Crippen molar-refractivity contribution in [2.45, 2.75) is 18.6 Å². The first-order valence-electron chi connectivity index (χ1n) is 11.1. The molecule has 0 radical (unpaired) electrons. The molecule has 2 aliphatic rings. The van der Waals surface area contributed by atoms with Crippen LogP contribution >= 0.6 is 0 Å². The molecule has 2 amide bonds. The smallest absolute Gasteiger partial charge is 0.366 e. The zero-order chi connectivity index (χ0) is 24.2. The molecule has 6 rings (SSSR count). The fourth-order valence-corrected chi connectivity index (χ4v) is 4.76. The lowest BCUT2D eigenvalue weighted by atomic mass is 10.1. The van der Waals surface area contributed by atoms with Gasteiger partial charge in [0.1, 0.15) is 5.52 Å². The molecular weight excluding hydrogens is 457 g/mol. The second-order valence-corrected chi connectivity index (χ2v) is 8.54. The molecule has 10 heteroatoms. The first-order valence-corrected chi connectivity index (χ1v) is 11.1. The molecule has 1 saturated heterocycles. The Morgan fingerprint density at radius 2 is 1.86 bits per heavy atom. The largest absolute Gasteiger partial charge is 0.416 e. The van der Waals surface area contributed by atoms with Gasteiger partial charge in [-0.2, -0.15) is 13.2 Å². The van der Waals surface area contributed by atoms with E-state index >= 15 is 0 Å². The summed E-state index contributed by atoms with van der Waals surface area (Å²) in [5, 5.41) is 2.94. The Morgan fingerprint density at radius 3 is 2.71 bits per heavy atom. The van der Waals surface area contributed by atoms with Crippen LogP contribution in [0.5, 0.6) is 0 Å². The maximum Gasteiger partial charge on any atom is 0.416 e. The average molecular weight is 476 g/mol. The topological polar surface area (TPSA) is 74.2 Å². The van der Waals surface area contributed by atoms with E-state index < -0.39 is 11.7 Å². The molecule has 1 N–H and O–H groups in total. The lowest BCUT2D eigenvalue weighted by molar-refractivity contribution is -0.137. The van der Waals surface area contributed by atoms with Crippen molar-refractivity contribution >= 4 is 34.3 Å². The van der Waals surface area contributed by atoms with E-state index in [1.165, 1.54) is 6.07 Å². The number of alkyl halides is 3. The quantitative estimate of drug-likeness (QED) is 0.423. The van der Waals surface area contributed by atoms with Crippen molar-refractivity contribution in [3.05, 3.63) is 72.6 Å². The number of nitrogens with one attached hydrogen (secondary N) is 1. The summed E-state index contributed by atoms with van der Waals surface area (Å²) >= 11 is 0. The zero-order valence-corrected chi connectivity index (χ0v) is 18.3. The number of pyridine rings is 1. The Balaban J connectivity index is 1.39. The first-order chi connectivity index (χ1) is 16.9. The molecular formula is C25H19F3N6O. The number of fused-ring (bicyclic) bond motifs is 5. The Hall–Kier alpha value is -4.21. The van der Waals surface area contributed by atoms with Gasteiger partial charge in [0.2, 0.25) is 0 Å². The van der Waals surface area contributed by atoms with Gasteiger partial charge in [-0.15, -0.1) is 0 Å². The van der Waals surface area contributed by atoms with E-state index in [4.69, 9.17) is 0 Å².